The van der Waals surface area contributed by atoms with Crippen LogP contribution >= 0.6 is 0 Å². The van der Waals surface area contributed by atoms with Gasteiger partial charge in [0, 0.05) is 39.3 Å². The van der Waals surface area contributed by atoms with Gasteiger partial charge in [-0.15, -0.1) is 0 Å². The van der Waals surface area contributed by atoms with Gasteiger partial charge >= 0.3 is 0 Å². The smallest absolute Gasteiger partial charge is 0.251 e. The molecule has 0 saturated carbocycles. The maximum Gasteiger partial charge on any atom is 0.251 e. The lowest BCUT2D eigenvalue weighted by molar-refractivity contribution is -0.142. The van der Waals surface area contributed by atoms with Crippen molar-refractivity contribution in [2.45, 2.75) is 45.8 Å². The highest BCUT2D eigenvalue weighted by Crippen LogP contribution is 2.16. The molecule has 0 bridgehead atoms. The lowest BCUT2D eigenvalue weighted by Crippen LogP contribution is -2.55. The lowest BCUT2D eigenvalue weighted by atomic mass is 10.2. The monoisotopic (exact) mass is 402 g/mol. The van der Waals surface area contributed by atoms with Crippen LogP contribution in [0.5, 0.6) is 5.75 Å². The first-order chi connectivity index (χ1) is 14.1. The Morgan fingerprint density at radius 1 is 1.24 bits per heavy atom. The Morgan fingerprint density at radius 2 is 1.93 bits per heavy atom. The van der Waals surface area contributed by atoms with Gasteiger partial charge in [-0.25, -0.2) is 4.99 Å². The third-order valence-corrected chi connectivity index (χ3v) is 5.29. The van der Waals surface area contributed by atoms with Crippen LogP contribution in [-0.4, -0.2) is 79.7 Å². The second-order valence-electron chi connectivity index (χ2n) is 7.75. The number of hydrogen-bond acceptors (Lipinski definition) is 4. The third-order valence-electron chi connectivity index (χ3n) is 5.29. The molecule has 7 heteroatoms. The maximum absolute atomic E-state index is 12.5. The van der Waals surface area contributed by atoms with Crippen molar-refractivity contribution in [3.8, 4) is 5.75 Å². The summed E-state index contributed by atoms with van der Waals surface area (Å²) in [6.07, 6.45) is 1.58. The molecular formula is C22H34N4O3. The minimum absolute atomic E-state index is 0.0197. The highest BCUT2D eigenvalue weighted by Gasteiger charge is 2.30. The van der Waals surface area contributed by atoms with Gasteiger partial charge in [-0.2, -0.15) is 0 Å². The van der Waals surface area contributed by atoms with E-state index in [4.69, 9.17) is 14.5 Å². The molecule has 2 heterocycles. The van der Waals surface area contributed by atoms with Crippen molar-refractivity contribution in [3.63, 3.8) is 0 Å². The second kappa shape index (κ2) is 10.5. The molecule has 0 aliphatic carbocycles. The predicted molar refractivity (Wildman–Crippen MR) is 114 cm³/mol. The van der Waals surface area contributed by atoms with Crippen molar-refractivity contribution < 1.29 is 14.3 Å². The number of benzene rings is 1. The molecule has 0 aromatic heterocycles. The fraction of sp³-hybridized carbons (Fsp3) is 0.636. The highest BCUT2D eigenvalue weighted by molar-refractivity contribution is 5.82. The zero-order valence-electron chi connectivity index (χ0n) is 17.9. The topological polar surface area (TPSA) is 66.4 Å². The maximum atomic E-state index is 12.5. The summed E-state index contributed by atoms with van der Waals surface area (Å²) in [4.78, 5) is 21.5. The molecule has 1 N–H and O–H groups in total. The van der Waals surface area contributed by atoms with Crippen molar-refractivity contribution in [1.29, 1.82) is 0 Å². The summed E-state index contributed by atoms with van der Waals surface area (Å²) in [5.74, 6) is 1.89. The Bertz CT molecular complexity index is 678. The molecule has 0 radical (unpaired) electrons. The van der Waals surface area contributed by atoms with Crippen LogP contribution in [0.4, 0.5) is 0 Å². The molecule has 2 fully saturated rings. The standard InChI is InChI=1S/C22H34N4O3/c1-4-23-22(24-16-18(3)29-19-9-7-17(2)8-10-19)26-13-11-25(12-14-26)21(27)20-6-5-15-28-20/h7-10,18,20H,4-6,11-16H2,1-3H3,(H,23,24). The van der Waals surface area contributed by atoms with Crippen LogP contribution in [0.1, 0.15) is 32.3 Å². The molecule has 0 spiro atoms. The molecule has 2 atom stereocenters. The number of rotatable bonds is 6. The summed E-state index contributed by atoms with van der Waals surface area (Å²) in [5.41, 5.74) is 1.22. The molecular weight excluding hydrogens is 368 g/mol. The first kappa shape index (κ1) is 21.4. The number of ether oxygens (including phenoxy) is 2. The molecule has 7 nitrogen and oxygen atoms in total. The van der Waals surface area contributed by atoms with Crippen LogP contribution in [0.2, 0.25) is 0 Å². The van der Waals surface area contributed by atoms with Crippen molar-refractivity contribution in [1.82, 2.24) is 15.1 Å². The van der Waals surface area contributed by atoms with E-state index in [1.807, 2.05) is 36.1 Å². The number of nitrogens with zero attached hydrogens (tertiary/aromatic N) is 3. The van der Waals surface area contributed by atoms with E-state index in [9.17, 15) is 4.79 Å². The molecule has 160 valence electrons. The molecule has 2 saturated heterocycles. The molecule has 2 unspecified atom stereocenters. The zero-order valence-corrected chi connectivity index (χ0v) is 17.9. The van der Waals surface area contributed by atoms with E-state index in [2.05, 4.69) is 24.1 Å². The van der Waals surface area contributed by atoms with E-state index in [1.165, 1.54) is 5.56 Å². The summed E-state index contributed by atoms with van der Waals surface area (Å²) in [7, 11) is 0. The molecule has 2 aliphatic heterocycles. The largest absolute Gasteiger partial charge is 0.489 e. The van der Waals surface area contributed by atoms with Crippen molar-refractivity contribution >= 4 is 11.9 Å². The van der Waals surface area contributed by atoms with Gasteiger partial charge in [0.25, 0.3) is 5.91 Å². The summed E-state index contributed by atoms with van der Waals surface area (Å²) >= 11 is 0. The lowest BCUT2D eigenvalue weighted by Gasteiger charge is -2.37. The Kier molecular flexibility index (Phi) is 7.75. The van der Waals surface area contributed by atoms with Gasteiger partial charge in [-0.05, 0) is 45.7 Å². The number of aliphatic imine (C=N–C) groups is 1. The van der Waals surface area contributed by atoms with Crippen LogP contribution in [0.25, 0.3) is 0 Å². The molecule has 1 amide bonds. The van der Waals surface area contributed by atoms with Crippen LogP contribution in [-0.2, 0) is 9.53 Å². The van der Waals surface area contributed by atoms with Gasteiger partial charge in [-0.1, -0.05) is 17.7 Å². The summed E-state index contributed by atoms with van der Waals surface area (Å²) < 4.78 is 11.5. The average molecular weight is 403 g/mol. The van der Waals surface area contributed by atoms with Crippen LogP contribution in [0, 0.1) is 6.92 Å². The van der Waals surface area contributed by atoms with Crippen molar-refractivity contribution in [3.05, 3.63) is 29.8 Å². The van der Waals surface area contributed by atoms with Crippen LogP contribution in [0.15, 0.2) is 29.3 Å². The van der Waals surface area contributed by atoms with Gasteiger partial charge < -0.3 is 24.6 Å². The summed E-state index contributed by atoms with van der Waals surface area (Å²) in [5, 5.41) is 3.37. The van der Waals surface area contributed by atoms with E-state index >= 15 is 0 Å². The number of amides is 1. The van der Waals surface area contributed by atoms with Gasteiger partial charge in [0.1, 0.15) is 18.0 Å². The van der Waals surface area contributed by atoms with Gasteiger partial charge in [0.2, 0.25) is 0 Å². The quantitative estimate of drug-likeness (QED) is 0.583. The average Bonchev–Trinajstić information content (AvgIpc) is 3.27. The number of carbonyl (C=O) groups is 1. The van der Waals surface area contributed by atoms with Gasteiger partial charge in [-0.3, -0.25) is 4.79 Å². The van der Waals surface area contributed by atoms with Crippen LogP contribution in [0.3, 0.4) is 0 Å². The molecule has 29 heavy (non-hydrogen) atoms. The van der Waals surface area contributed by atoms with Crippen molar-refractivity contribution in [2.24, 2.45) is 4.99 Å². The van der Waals surface area contributed by atoms with Gasteiger partial charge in [0.05, 0.1) is 6.54 Å². The fourth-order valence-corrected chi connectivity index (χ4v) is 3.64. The Hall–Kier alpha value is -2.28. The van der Waals surface area contributed by atoms with Crippen molar-refractivity contribution in [2.75, 3.05) is 45.9 Å². The van der Waals surface area contributed by atoms with E-state index < -0.39 is 0 Å². The SMILES string of the molecule is CCNC(=NCC(C)Oc1ccc(C)cc1)N1CCN(C(=O)C2CCCO2)CC1. The molecule has 1 aromatic rings. The molecule has 1 aromatic carbocycles. The normalized spacial score (nSPS) is 21.2. The minimum atomic E-state index is -0.233. The summed E-state index contributed by atoms with van der Waals surface area (Å²) in [6.45, 7) is 11.2. The first-order valence-corrected chi connectivity index (χ1v) is 10.7. The van der Waals surface area contributed by atoms with Crippen LogP contribution < -0.4 is 10.1 Å². The van der Waals surface area contributed by atoms with E-state index in [-0.39, 0.29) is 18.1 Å². The number of nitrogens with one attached hydrogen (secondary N) is 1. The number of guanidine groups is 1. The number of aryl methyl sites for hydroxylation is 1. The van der Waals surface area contributed by atoms with E-state index in [0.717, 1.165) is 44.2 Å². The van der Waals surface area contributed by atoms with Gasteiger partial charge in [0.15, 0.2) is 5.96 Å². The minimum Gasteiger partial charge on any atom is -0.489 e. The predicted octanol–water partition coefficient (Wildman–Crippen LogP) is 2.05. The number of carbonyl (C=O) groups excluding carboxylic acids is 1. The third kappa shape index (κ3) is 6.10. The molecule has 2 aliphatic rings. The Labute approximate surface area is 174 Å². The fourth-order valence-electron chi connectivity index (χ4n) is 3.64. The Balaban J connectivity index is 1.51. The number of piperazine rings is 1. The first-order valence-electron chi connectivity index (χ1n) is 10.7. The summed E-state index contributed by atoms with van der Waals surface area (Å²) in [6, 6.07) is 8.08. The highest BCUT2D eigenvalue weighted by atomic mass is 16.5. The zero-order chi connectivity index (χ0) is 20.6. The van der Waals surface area contributed by atoms with E-state index in [0.29, 0.717) is 26.2 Å². The second-order valence-corrected chi connectivity index (χ2v) is 7.75. The Morgan fingerprint density at radius 3 is 2.55 bits per heavy atom. The van der Waals surface area contributed by atoms with E-state index in [1.54, 1.807) is 0 Å². The molecule has 3 rings (SSSR count). The number of hydrogen-bond donors (Lipinski definition) is 1.